The van der Waals surface area contributed by atoms with E-state index in [9.17, 15) is 8.42 Å². The van der Waals surface area contributed by atoms with Crippen LogP contribution in [-0.4, -0.2) is 182 Å². The minimum absolute atomic E-state index is 0.177. The van der Waals surface area contributed by atoms with E-state index in [4.69, 9.17) is 50.8 Å². The summed E-state index contributed by atoms with van der Waals surface area (Å²) in [6, 6.07) is 0.224. The van der Waals surface area contributed by atoms with E-state index < -0.39 is 10.0 Å². The van der Waals surface area contributed by atoms with E-state index in [-0.39, 0.29) is 17.9 Å². The zero-order valence-electron chi connectivity index (χ0n) is 41.2. The number of anilines is 6. The lowest BCUT2D eigenvalue weighted by Gasteiger charge is -2.38. The molecule has 0 aromatic carbocycles. The van der Waals surface area contributed by atoms with Gasteiger partial charge in [0.05, 0.1) is 43.8 Å². The number of rotatable bonds is 11. The highest BCUT2D eigenvalue weighted by Gasteiger charge is 2.34. The molecule has 4 aliphatic heterocycles. The van der Waals surface area contributed by atoms with Crippen LogP contribution in [-0.2, 0) is 32.6 Å². The van der Waals surface area contributed by atoms with Crippen molar-refractivity contribution in [3.63, 3.8) is 0 Å². The Hall–Kier alpha value is -6.15. The Morgan fingerprint density at radius 3 is 1.46 bits per heavy atom. The molecule has 0 spiro atoms. The smallest absolute Gasteiger partial charge is 0.219 e. The molecule has 4 aliphatic rings. The van der Waals surface area contributed by atoms with Crippen LogP contribution in [0, 0.1) is 11.8 Å². The van der Waals surface area contributed by atoms with Crippen LogP contribution in [0.25, 0.3) is 45.1 Å². The van der Waals surface area contributed by atoms with Crippen molar-refractivity contribution in [2.24, 2.45) is 11.8 Å². The fraction of sp³-hybridized carbons (Fsp3) is 0.600. The van der Waals surface area contributed by atoms with E-state index >= 15 is 0 Å². The summed E-state index contributed by atoms with van der Waals surface area (Å²) in [6.07, 6.45) is 7.87. The molecule has 376 valence electrons. The second kappa shape index (κ2) is 20.7. The number of hydrogen-bond acceptors (Lipinski definition) is 21. The zero-order chi connectivity index (χ0) is 49.3. The van der Waals surface area contributed by atoms with Crippen molar-refractivity contribution in [3.05, 3.63) is 24.8 Å². The number of piperazine rings is 2. The van der Waals surface area contributed by atoms with Crippen LogP contribution in [0.1, 0.15) is 41.5 Å². The number of hydrogen-bond donors (Lipinski definition) is 3. The third-order valence-corrected chi connectivity index (χ3v) is 14.0. The SMILES string of the molecule is CC(C)Cn1c(N2CCN(S(C)(=O)=O)[C@@H](C)C2)nc2c(N3CCOCC3)nc(-c3cnc(N)nc3)nc21.CC(C)Cn1c(N2CCN[C@@H](C)C2)nc2c(N3CCOCC3)nc(-c3cnc(N)nc3)nc21. The van der Waals surface area contributed by atoms with Gasteiger partial charge in [0.2, 0.25) is 33.8 Å². The molecule has 0 radical (unpaired) electrons. The van der Waals surface area contributed by atoms with Crippen molar-refractivity contribution in [2.45, 2.75) is 66.7 Å². The Morgan fingerprint density at radius 2 is 1.06 bits per heavy atom. The number of sulfonamides is 1. The summed E-state index contributed by atoms with van der Waals surface area (Å²) >= 11 is 0. The highest BCUT2D eigenvalue weighted by Crippen LogP contribution is 2.35. The molecule has 0 unspecified atom stereocenters. The lowest BCUT2D eigenvalue weighted by molar-refractivity contribution is 0.122. The quantitative estimate of drug-likeness (QED) is 0.167. The first-order valence-electron chi connectivity index (χ1n) is 24.2. The molecular formula is C45H66N20O4S. The minimum Gasteiger partial charge on any atom is -0.378 e. The Balaban J connectivity index is 0.000000175. The molecule has 4 fully saturated rings. The summed E-state index contributed by atoms with van der Waals surface area (Å²) in [7, 11) is -3.28. The monoisotopic (exact) mass is 983 g/mol. The van der Waals surface area contributed by atoms with Gasteiger partial charge in [0.15, 0.2) is 45.6 Å². The first kappa shape index (κ1) is 48.9. The van der Waals surface area contributed by atoms with E-state index in [2.05, 4.69) is 88.6 Å². The highest BCUT2D eigenvalue weighted by molar-refractivity contribution is 7.88. The number of fused-ring (bicyclic) bond motifs is 2. The number of nitrogens with two attached hydrogens (primary N) is 2. The fourth-order valence-corrected chi connectivity index (χ4v) is 10.5. The molecule has 10 rings (SSSR count). The molecule has 5 N–H and O–H groups in total. The summed E-state index contributed by atoms with van der Waals surface area (Å²) < 4.78 is 41.6. The van der Waals surface area contributed by atoms with Gasteiger partial charge < -0.3 is 45.9 Å². The molecule has 0 aliphatic carbocycles. The number of nitrogens with zero attached hydrogens (tertiary/aromatic N) is 17. The normalized spacial score (nSPS) is 19.7. The molecule has 24 nitrogen and oxygen atoms in total. The standard InChI is InChI=1S/C23H34N10O3S.C22H32N10O/c1-15(2)13-32-21-18(27-23(32)31-5-6-33(16(3)14-31)37(4,34)35)20(30-7-9-36-10-8-30)28-19(29-21)17-11-25-22(24)26-12-17;1-14(2)12-32-20-17(27-22(32)31-5-4-24-15(3)13-31)19(30-6-8-33-9-7-30)28-18(29-20)16-10-25-21(23)26-11-16/h11-12,15-16H,5-10,13-14H2,1-4H3,(H2,24,25,26);10-11,14-15,24H,4-9,12-13H2,1-3H3,(H2,23,25,26)/t16-;15-/m00/s1. The number of ether oxygens (including phenoxy) is 2. The van der Waals surface area contributed by atoms with Crippen molar-refractivity contribution in [1.29, 1.82) is 0 Å². The summed E-state index contributed by atoms with van der Waals surface area (Å²) in [4.78, 5) is 55.6. The van der Waals surface area contributed by atoms with E-state index in [1.165, 1.54) is 6.26 Å². The van der Waals surface area contributed by atoms with Crippen molar-refractivity contribution in [2.75, 3.05) is 129 Å². The number of nitrogens with one attached hydrogen (secondary N) is 1. The fourth-order valence-electron chi connectivity index (χ4n) is 9.38. The predicted molar refractivity (Wildman–Crippen MR) is 270 cm³/mol. The van der Waals surface area contributed by atoms with Gasteiger partial charge in [-0.15, -0.1) is 0 Å². The first-order valence-corrected chi connectivity index (χ1v) is 26.0. The number of nitrogen functional groups attached to an aromatic ring is 2. The van der Waals surface area contributed by atoms with Crippen LogP contribution in [0.4, 0.5) is 35.4 Å². The Labute approximate surface area is 408 Å². The molecule has 4 saturated heterocycles. The van der Waals surface area contributed by atoms with E-state index in [0.717, 1.165) is 90.7 Å². The Morgan fingerprint density at radius 1 is 0.614 bits per heavy atom. The van der Waals surface area contributed by atoms with Crippen LogP contribution >= 0.6 is 0 Å². The van der Waals surface area contributed by atoms with Crippen LogP contribution in [0.5, 0.6) is 0 Å². The lowest BCUT2D eigenvalue weighted by atomic mass is 10.2. The molecule has 0 saturated carbocycles. The van der Waals surface area contributed by atoms with Crippen molar-refractivity contribution >= 4 is 67.8 Å². The largest absolute Gasteiger partial charge is 0.378 e. The highest BCUT2D eigenvalue weighted by atomic mass is 32.2. The lowest BCUT2D eigenvalue weighted by Crippen LogP contribution is -2.54. The van der Waals surface area contributed by atoms with E-state index in [1.54, 1.807) is 29.1 Å². The van der Waals surface area contributed by atoms with Gasteiger partial charge in [-0.1, -0.05) is 27.7 Å². The zero-order valence-corrected chi connectivity index (χ0v) is 42.0. The first-order chi connectivity index (χ1) is 33.6. The third-order valence-electron chi connectivity index (χ3n) is 12.6. The van der Waals surface area contributed by atoms with E-state index in [0.29, 0.717) is 101 Å². The van der Waals surface area contributed by atoms with Gasteiger partial charge in [0.25, 0.3) is 0 Å². The topological polar surface area (TPSA) is 272 Å². The van der Waals surface area contributed by atoms with Crippen LogP contribution in [0.3, 0.4) is 0 Å². The van der Waals surface area contributed by atoms with Gasteiger partial charge in [-0.25, -0.2) is 58.3 Å². The maximum atomic E-state index is 12.2. The molecule has 0 amide bonds. The predicted octanol–water partition coefficient (Wildman–Crippen LogP) is 1.98. The van der Waals surface area contributed by atoms with Crippen LogP contribution in [0.2, 0.25) is 0 Å². The summed E-state index contributed by atoms with van der Waals surface area (Å²) in [5.74, 6) is 5.58. The molecule has 0 bridgehead atoms. The molecule has 2 atom stereocenters. The molecular weight excluding hydrogens is 917 g/mol. The average molecular weight is 983 g/mol. The Bertz CT molecular complexity index is 2860. The van der Waals surface area contributed by atoms with Gasteiger partial charge in [-0.05, 0) is 25.7 Å². The van der Waals surface area contributed by atoms with Gasteiger partial charge in [-0.2, -0.15) is 4.31 Å². The summed E-state index contributed by atoms with van der Waals surface area (Å²) in [6.45, 7) is 24.1. The summed E-state index contributed by atoms with van der Waals surface area (Å²) in [5, 5.41) is 3.52. The molecule has 6 aromatic rings. The van der Waals surface area contributed by atoms with Crippen LogP contribution in [0.15, 0.2) is 24.8 Å². The average Bonchev–Trinajstić information content (AvgIpc) is 3.89. The second-order valence-electron chi connectivity index (χ2n) is 19.2. The van der Waals surface area contributed by atoms with Crippen molar-refractivity contribution in [1.82, 2.24) is 68.6 Å². The minimum atomic E-state index is -3.28. The van der Waals surface area contributed by atoms with E-state index in [1.807, 2.05) is 6.92 Å². The summed E-state index contributed by atoms with van der Waals surface area (Å²) in [5.41, 5.74) is 15.9. The van der Waals surface area contributed by atoms with Gasteiger partial charge in [0, 0.05) is 115 Å². The number of aromatic nitrogens is 12. The van der Waals surface area contributed by atoms with Crippen LogP contribution < -0.4 is 36.4 Å². The second-order valence-corrected chi connectivity index (χ2v) is 21.2. The maximum absolute atomic E-state index is 12.2. The number of imidazole rings is 2. The Kier molecular flexibility index (Phi) is 14.4. The molecule has 70 heavy (non-hydrogen) atoms. The van der Waals surface area contributed by atoms with Gasteiger partial charge >= 0.3 is 0 Å². The number of morpholine rings is 2. The van der Waals surface area contributed by atoms with Gasteiger partial charge in [-0.3, -0.25) is 9.13 Å². The molecule has 10 heterocycles. The van der Waals surface area contributed by atoms with Gasteiger partial charge in [0.1, 0.15) is 0 Å². The van der Waals surface area contributed by atoms with Crippen molar-refractivity contribution < 1.29 is 17.9 Å². The maximum Gasteiger partial charge on any atom is 0.219 e. The molecule has 6 aromatic heterocycles. The van der Waals surface area contributed by atoms with Crippen molar-refractivity contribution in [3.8, 4) is 22.8 Å². The third kappa shape index (κ3) is 10.6. The molecule has 25 heteroatoms.